The second-order valence-corrected chi connectivity index (χ2v) is 26.6. The van der Waals surface area contributed by atoms with E-state index in [0.29, 0.717) is 0 Å². The molecule has 530 valence electrons. The van der Waals surface area contributed by atoms with Gasteiger partial charge in [-0.25, -0.2) is 14.4 Å². The normalized spacial score (nSPS) is 20.2. The Morgan fingerprint density at radius 1 is 0.563 bits per heavy atom. The molecule has 0 aliphatic carbocycles. The maximum atomic E-state index is 16.2. The van der Waals surface area contributed by atoms with Crippen molar-refractivity contribution in [3.63, 3.8) is 0 Å². The van der Waals surface area contributed by atoms with Crippen LogP contribution in [-0.4, -0.2) is 114 Å². The molecular weight excluding hydrogens is 1450 g/mol. The van der Waals surface area contributed by atoms with Gasteiger partial charge < -0.3 is 96.3 Å². The minimum Gasteiger partial charge on any atom is -0.508 e. The van der Waals surface area contributed by atoms with Gasteiger partial charge in [-0.05, 0) is 145 Å². The molecule has 0 fully saturated rings. The Morgan fingerprint density at radius 2 is 1.17 bits per heavy atom. The Morgan fingerprint density at radius 3 is 1.83 bits per heavy atom. The van der Waals surface area contributed by atoms with Gasteiger partial charge >= 0.3 is 18.0 Å². The van der Waals surface area contributed by atoms with Crippen molar-refractivity contribution in [3.8, 4) is 80.1 Å². The van der Waals surface area contributed by atoms with E-state index >= 15 is 24.0 Å². The van der Waals surface area contributed by atoms with Crippen LogP contribution in [0.15, 0.2) is 146 Å². The van der Waals surface area contributed by atoms with Gasteiger partial charge in [-0.1, -0.05) is 81.6 Å². The number of esters is 2. The highest BCUT2D eigenvalue weighted by molar-refractivity contribution is 9.09. The lowest BCUT2D eigenvalue weighted by atomic mass is 9.89. The summed E-state index contributed by atoms with van der Waals surface area (Å²) in [5.41, 5.74) is -3.49. The van der Waals surface area contributed by atoms with Gasteiger partial charge in [0.05, 0.1) is 22.2 Å². The molecule has 8 atom stereocenters. The summed E-state index contributed by atoms with van der Waals surface area (Å²) in [5.74, 6) is -15.4. The molecule has 7 amide bonds. The summed E-state index contributed by atoms with van der Waals surface area (Å²) in [6, 6.07) is 15.1. The van der Waals surface area contributed by atoms with Gasteiger partial charge in [-0.3, -0.25) is 28.8 Å². The van der Waals surface area contributed by atoms with E-state index in [1.165, 1.54) is 84.9 Å². The molecule has 28 nitrogen and oxygen atoms in total. The van der Waals surface area contributed by atoms with Crippen molar-refractivity contribution in [1.82, 2.24) is 37.2 Å². The van der Waals surface area contributed by atoms with Gasteiger partial charge in [0.2, 0.25) is 41.2 Å². The number of alkyl halides is 1. The van der Waals surface area contributed by atoms with E-state index in [0.717, 1.165) is 54.6 Å². The molecule has 0 unspecified atom stereocenters. The highest BCUT2D eigenvalue weighted by Crippen LogP contribution is 2.49. The molecule has 103 heavy (non-hydrogen) atoms. The third-order valence-electron chi connectivity index (χ3n) is 16.6. The summed E-state index contributed by atoms with van der Waals surface area (Å²) < 4.78 is 36.4. The smallest absolute Gasteiger partial charge is 0.408 e. The van der Waals surface area contributed by atoms with E-state index in [2.05, 4.69) is 53.1 Å². The molecule has 17 bridgehead atoms. The summed E-state index contributed by atoms with van der Waals surface area (Å²) in [6.07, 6.45) is -3.69. The van der Waals surface area contributed by atoms with Crippen LogP contribution < -0.4 is 56.2 Å². The number of rotatable bonds is 6. The molecule has 0 saturated carbocycles. The second kappa shape index (κ2) is 29.0. The van der Waals surface area contributed by atoms with Crippen molar-refractivity contribution in [3.05, 3.63) is 200 Å². The van der Waals surface area contributed by atoms with E-state index in [-0.39, 0.29) is 101 Å². The number of hydrogen-bond donors (Lipinski definition) is 13. The number of amides is 7. The molecule has 13 N–H and O–H groups in total. The number of aliphatic hydroxyl groups excluding tert-OH is 1. The van der Waals surface area contributed by atoms with Crippen molar-refractivity contribution in [2.24, 2.45) is 0 Å². The average Bonchev–Trinajstić information content (AvgIpc) is 0.767. The Balaban J connectivity index is 1.07. The minimum atomic E-state index is -2.27. The van der Waals surface area contributed by atoms with Crippen molar-refractivity contribution >= 4 is 92.6 Å². The SMILES string of the molecule is CC(C)(C)OC(=O)N[C@@H]1C(=O)N[C@@H]2Cc3ccc(c(Cl)c3)Oc3cc4cc(c3OCCBr)Oc3ccc(cc3Cl)[C@@H](O)[C@@H]3NC(=O)[C@H](NC(=O)[C@@H]4NC(=O)[C@@H](NC2=O)c2cc(O)cc(c2)Oc2cc1ccc2O)c1ccc(O)c(c1)-c1c(O)cc(O)cc1[C@@H](C(=O)OC(=O)c1ccccc1)NC3=O. The zero-order chi connectivity index (χ0) is 73.5. The largest absolute Gasteiger partial charge is 0.508 e. The fraction of sp³-hybridized carbons (Fsp3) is 0.208. The monoisotopic (exact) mass is 1510 g/mol. The summed E-state index contributed by atoms with van der Waals surface area (Å²) >= 11 is 17.5. The number of carbonyl (C=O) groups is 9. The average molecular weight is 1510 g/mol. The van der Waals surface area contributed by atoms with Crippen LogP contribution in [0.25, 0.3) is 11.1 Å². The molecule has 31 heteroatoms. The first-order valence-electron chi connectivity index (χ1n) is 31.4. The van der Waals surface area contributed by atoms with Crippen LogP contribution in [-0.2, 0) is 49.5 Å². The Kier molecular flexibility index (Phi) is 20.0. The van der Waals surface area contributed by atoms with Crippen LogP contribution in [0.4, 0.5) is 4.79 Å². The van der Waals surface area contributed by atoms with Crippen LogP contribution in [0, 0.1) is 0 Å². The fourth-order valence-electron chi connectivity index (χ4n) is 11.8. The first-order valence-corrected chi connectivity index (χ1v) is 33.3. The predicted octanol–water partition coefficient (Wildman–Crippen LogP) is 8.92. The van der Waals surface area contributed by atoms with Crippen molar-refractivity contribution in [2.45, 2.75) is 81.2 Å². The van der Waals surface area contributed by atoms with Crippen molar-refractivity contribution in [1.29, 1.82) is 0 Å². The number of phenols is 5. The van der Waals surface area contributed by atoms with Crippen LogP contribution in [0.2, 0.25) is 10.0 Å². The molecule has 0 aromatic heterocycles. The van der Waals surface area contributed by atoms with E-state index in [9.17, 15) is 49.8 Å². The predicted molar refractivity (Wildman–Crippen MR) is 367 cm³/mol. The zero-order valence-corrected chi connectivity index (χ0v) is 57.1. The summed E-state index contributed by atoms with van der Waals surface area (Å²) in [5, 5.41) is 87.7. The number of halogens is 3. The number of fused-ring (bicyclic) bond motifs is 14. The number of phenolic OH excluding ortho intramolecular Hbond substituents is 5. The number of aliphatic hydroxyl groups is 1. The number of hydrogen-bond acceptors (Lipinski definition) is 21. The lowest BCUT2D eigenvalue weighted by Crippen LogP contribution is -2.55. The lowest BCUT2D eigenvalue weighted by Gasteiger charge is -2.31. The van der Waals surface area contributed by atoms with Gasteiger partial charge in [0.15, 0.2) is 29.0 Å². The van der Waals surface area contributed by atoms with Gasteiger partial charge in [0.25, 0.3) is 0 Å². The zero-order valence-electron chi connectivity index (χ0n) is 54.0. The molecule has 6 aliphatic rings. The van der Waals surface area contributed by atoms with Crippen molar-refractivity contribution < 1.29 is 102 Å². The molecule has 6 heterocycles. The summed E-state index contributed by atoms with van der Waals surface area (Å²) in [4.78, 5) is 135. The molecule has 0 saturated heterocycles. The fourth-order valence-corrected chi connectivity index (χ4v) is 12.5. The van der Waals surface area contributed by atoms with Gasteiger partial charge in [-0.2, -0.15) is 0 Å². The van der Waals surface area contributed by atoms with Crippen LogP contribution >= 0.6 is 39.1 Å². The number of alkyl carbamates (subject to hydrolysis) is 1. The maximum Gasteiger partial charge on any atom is 0.408 e. The highest BCUT2D eigenvalue weighted by atomic mass is 79.9. The number of aromatic hydroxyl groups is 5. The van der Waals surface area contributed by atoms with Crippen molar-refractivity contribution in [2.75, 3.05) is 11.9 Å². The summed E-state index contributed by atoms with van der Waals surface area (Å²) in [6.45, 7) is 4.62. The molecule has 0 radical (unpaired) electrons. The van der Waals surface area contributed by atoms with E-state index < -0.39 is 159 Å². The third-order valence-corrected chi connectivity index (χ3v) is 17.5. The van der Waals surface area contributed by atoms with Crippen LogP contribution in [0.1, 0.15) is 106 Å². The van der Waals surface area contributed by atoms with E-state index in [1.807, 2.05) is 0 Å². The number of ether oxygens (including phenoxy) is 6. The molecule has 0 spiro atoms. The number of carbonyl (C=O) groups excluding carboxylic acids is 9. The molecule has 8 aromatic carbocycles. The molecule has 8 aromatic rings. The third kappa shape index (κ3) is 15.4. The molecule has 6 aliphatic heterocycles. The van der Waals surface area contributed by atoms with Gasteiger partial charge in [0, 0.05) is 40.6 Å². The quantitative estimate of drug-likeness (QED) is 0.0419. The number of nitrogens with one attached hydrogen (secondary N) is 7. The Labute approximate surface area is 602 Å². The van der Waals surface area contributed by atoms with E-state index in [4.69, 9.17) is 51.6 Å². The molecular formula is C72H60BrCl2N7O21. The van der Waals surface area contributed by atoms with Crippen LogP contribution in [0.3, 0.4) is 0 Å². The topological polar surface area (TPSA) is 415 Å². The maximum absolute atomic E-state index is 16.2. The highest BCUT2D eigenvalue weighted by Gasteiger charge is 2.43. The number of benzene rings is 8. The first kappa shape index (κ1) is 71.1. The Bertz CT molecular complexity index is 4830. The first-order chi connectivity index (χ1) is 49.1. The minimum absolute atomic E-state index is 0.00558. The van der Waals surface area contributed by atoms with Crippen LogP contribution in [0.5, 0.6) is 69.0 Å². The Hall–Kier alpha value is -11.8. The van der Waals surface area contributed by atoms with E-state index in [1.54, 1.807) is 26.8 Å². The standard InChI is InChI=1S/C72H60BrCl2N7O21/c1-72(2,3)103-71(97)82-56-34-11-14-47(86)51(25-34)99-40-22-36(21-38(83)28-40)57-66(92)79-58-37-26-52(100-49-15-9-31(19-43(49)74)20-45(63(89)77-57)76-64(56)90)62(98-18-17-73)53(27-37)101-50-16-12-35(24-44(50)75)61(88)60-68(94)80-59(70(96)102-69(95)32-7-5-4-6-8-32)42-29-39(84)30-48(87)54(42)41-23-33(10-13-46(41)85)55(65(91)81-60)78-67(58)93/h4-16,19,21-30,45,55-61,83-88H,17-18,20H2,1-3H3,(H,76,90)(H,77,89)(H,78,93)(H,79,92)(H,80,94)(H,81,91)(H,82,97)/t45-,55-,56+,57+,58-,59+,60+,61-/m1/s1. The second-order valence-electron chi connectivity index (χ2n) is 25.0. The lowest BCUT2D eigenvalue weighted by molar-refractivity contribution is -0.144. The molecule has 14 rings (SSSR count). The van der Waals surface area contributed by atoms with Gasteiger partial charge in [-0.15, -0.1) is 0 Å². The van der Waals surface area contributed by atoms with Gasteiger partial charge in [0.1, 0.15) is 88.2 Å². The summed E-state index contributed by atoms with van der Waals surface area (Å²) in [7, 11) is 0.